The summed E-state index contributed by atoms with van der Waals surface area (Å²) >= 11 is 5.86. The first-order valence-electron chi connectivity index (χ1n) is 4.80. The number of anilines is 1. The van der Waals surface area contributed by atoms with Crippen LogP contribution in [-0.4, -0.2) is 18.1 Å². The maximum absolute atomic E-state index is 5.86. The number of aromatic nitrogens is 1. The maximum atomic E-state index is 5.86. The van der Waals surface area contributed by atoms with E-state index in [1.807, 2.05) is 24.3 Å². The van der Waals surface area contributed by atoms with E-state index in [4.69, 9.17) is 11.6 Å². The van der Waals surface area contributed by atoms with Crippen molar-refractivity contribution in [1.82, 2.24) is 4.98 Å². The molecule has 0 saturated heterocycles. The summed E-state index contributed by atoms with van der Waals surface area (Å²) in [4.78, 5) is 6.41. The van der Waals surface area contributed by atoms with Crippen molar-refractivity contribution >= 4 is 17.4 Å². The molecule has 2 nitrogen and oxygen atoms in total. The molecular formula is C12H15ClN2. The summed E-state index contributed by atoms with van der Waals surface area (Å²) < 4.78 is 0. The minimum absolute atomic E-state index is 0.466. The zero-order chi connectivity index (χ0) is 11.1. The molecule has 0 saturated carbocycles. The van der Waals surface area contributed by atoms with Crippen LogP contribution in [0.1, 0.15) is 5.56 Å². The average Bonchev–Trinajstić information content (AvgIpc) is 2.29. The number of halogens is 1. The molecule has 0 aromatic carbocycles. The Morgan fingerprint density at radius 2 is 2.00 bits per heavy atom. The summed E-state index contributed by atoms with van der Waals surface area (Å²) in [5.74, 6) is 1.38. The van der Waals surface area contributed by atoms with Crippen LogP contribution < -0.4 is 4.90 Å². The lowest BCUT2D eigenvalue weighted by molar-refractivity contribution is 0.915. The Hall–Kier alpha value is -1.28. The second-order valence-electron chi connectivity index (χ2n) is 3.10. The topological polar surface area (TPSA) is 16.1 Å². The van der Waals surface area contributed by atoms with Crippen LogP contribution in [0.4, 0.5) is 5.82 Å². The minimum Gasteiger partial charge on any atom is -0.349 e. The summed E-state index contributed by atoms with van der Waals surface area (Å²) in [7, 11) is 0. The molecule has 0 amide bonds. The summed E-state index contributed by atoms with van der Waals surface area (Å²) in [5.41, 5.74) is 1.03. The normalized spacial score (nSPS) is 9.67. The lowest BCUT2D eigenvalue weighted by Crippen LogP contribution is -2.25. The van der Waals surface area contributed by atoms with Crippen LogP contribution in [0.3, 0.4) is 0 Å². The predicted molar refractivity (Wildman–Crippen MR) is 66.4 cm³/mol. The fourth-order valence-corrected chi connectivity index (χ4v) is 1.59. The zero-order valence-corrected chi connectivity index (χ0v) is 9.45. The summed E-state index contributed by atoms with van der Waals surface area (Å²) in [5, 5.41) is 0. The minimum atomic E-state index is 0.466. The van der Waals surface area contributed by atoms with Crippen molar-refractivity contribution in [3.8, 4) is 0 Å². The van der Waals surface area contributed by atoms with Gasteiger partial charge in [-0.1, -0.05) is 18.2 Å². The van der Waals surface area contributed by atoms with Crippen molar-refractivity contribution in [2.75, 3.05) is 18.0 Å². The molecule has 1 aromatic heterocycles. The average molecular weight is 223 g/mol. The molecule has 1 heterocycles. The van der Waals surface area contributed by atoms with Gasteiger partial charge in [-0.05, 0) is 6.07 Å². The van der Waals surface area contributed by atoms with E-state index in [1.54, 1.807) is 6.20 Å². The van der Waals surface area contributed by atoms with Gasteiger partial charge >= 0.3 is 0 Å². The summed E-state index contributed by atoms with van der Waals surface area (Å²) in [6.45, 7) is 8.94. The molecule has 0 spiro atoms. The predicted octanol–water partition coefficient (Wildman–Crippen LogP) is 3.00. The van der Waals surface area contributed by atoms with Crippen LogP contribution in [0.15, 0.2) is 43.6 Å². The first-order chi connectivity index (χ1) is 7.33. The second kappa shape index (κ2) is 6.25. The van der Waals surface area contributed by atoms with E-state index in [0.717, 1.165) is 24.5 Å². The molecule has 0 aliphatic rings. The van der Waals surface area contributed by atoms with Gasteiger partial charge in [-0.25, -0.2) is 4.98 Å². The quantitative estimate of drug-likeness (QED) is 0.544. The Kier molecular flexibility index (Phi) is 4.91. The van der Waals surface area contributed by atoms with Crippen LogP contribution in [0.25, 0.3) is 0 Å². The van der Waals surface area contributed by atoms with Gasteiger partial charge in [0.15, 0.2) is 0 Å². The number of pyridine rings is 1. The number of rotatable bonds is 6. The highest BCUT2D eigenvalue weighted by atomic mass is 35.5. The van der Waals surface area contributed by atoms with Crippen molar-refractivity contribution in [3.63, 3.8) is 0 Å². The van der Waals surface area contributed by atoms with Crippen LogP contribution in [-0.2, 0) is 5.88 Å². The monoisotopic (exact) mass is 222 g/mol. The van der Waals surface area contributed by atoms with Crippen LogP contribution in [0, 0.1) is 0 Å². The van der Waals surface area contributed by atoms with Gasteiger partial charge in [0.25, 0.3) is 0 Å². The lowest BCUT2D eigenvalue weighted by atomic mass is 10.2. The van der Waals surface area contributed by atoms with Gasteiger partial charge in [0.1, 0.15) is 5.82 Å². The number of alkyl halides is 1. The molecule has 1 aromatic rings. The first-order valence-corrected chi connectivity index (χ1v) is 5.33. The van der Waals surface area contributed by atoms with E-state index in [1.165, 1.54) is 0 Å². The van der Waals surface area contributed by atoms with E-state index in [-0.39, 0.29) is 0 Å². The fourth-order valence-electron chi connectivity index (χ4n) is 1.38. The third-order valence-electron chi connectivity index (χ3n) is 2.01. The Bertz CT molecular complexity index is 326. The van der Waals surface area contributed by atoms with Crippen molar-refractivity contribution in [2.45, 2.75) is 5.88 Å². The van der Waals surface area contributed by atoms with E-state index in [9.17, 15) is 0 Å². The molecule has 15 heavy (non-hydrogen) atoms. The van der Waals surface area contributed by atoms with Gasteiger partial charge in [0.2, 0.25) is 0 Å². The Morgan fingerprint density at radius 1 is 1.33 bits per heavy atom. The van der Waals surface area contributed by atoms with Crippen molar-refractivity contribution in [3.05, 3.63) is 49.2 Å². The molecule has 0 bridgehead atoms. The van der Waals surface area contributed by atoms with Gasteiger partial charge in [0.05, 0.1) is 5.88 Å². The highest BCUT2D eigenvalue weighted by Gasteiger charge is 2.08. The van der Waals surface area contributed by atoms with E-state index in [0.29, 0.717) is 5.88 Å². The molecule has 0 aliphatic carbocycles. The standard InChI is InChI=1S/C12H15ClN2/c1-3-8-15(9-4-2)12-11(10-13)6-5-7-14-12/h3-7H,1-2,8-10H2. The van der Waals surface area contributed by atoms with Crippen molar-refractivity contribution in [2.24, 2.45) is 0 Å². The van der Waals surface area contributed by atoms with Crippen LogP contribution >= 0.6 is 11.6 Å². The smallest absolute Gasteiger partial charge is 0.133 e. The molecule has 0 N–H and O–H groups in total. The second-order valence-corrected chi connectivity index (χ2v) is 3.37. The Balaban J connectivity index is 2.97. The summed E-state index contributed by atoms with van der Waals surface area (Å²) in [6.07, 6.45) is 5.46. The molecule has 0 aliphatic heterocycles. The molecule has 80 valence electrons. The van der Waals surface area contributed by atoms with Gasteiger partial charge in [-0.2, -0.15) is 0 Å². The largest absolute Gasteiger partial charge is 0.349 e. The summed E-state index contributed by atoms with van der Waals surface area (Å²) in [6, 6.07) is 3.87. The molecule has 0 fully saturated rings. The van der Waals surface area contributed by atoms with Crippen molar-refractivity contribution < 1.29 is 0 Å². The third kappa shape index (κ3) is 3.10. The number of hydrogen-bond donors (Lipinski definition) is 0. The van der Waals surface area contributed by atoms with E-state index >= 15 is 0 Å². The molecule has 3 heteroatoms. The van der Waals surface area contributed by atoms with Crippen molar-refractivity contribution in [1.29, 1.82) is 0 Å². The first kappa shape index (κ1) is 11.8. The zero-order valence-electron chi connectivity index (χ0n) is 8.69. The number of nitrogens with zero attached hydrogens (tertiary/aromatic N) is 2. The molecular weight excluding hydrogens is 208 g/mol. The molecule has 0 atom stereocenters. The van der Waals surface area contributed by atoms with Gasteiger partial charge in [-0.15, -0.1) is 24.8 Å². The van der Waals surface area contributed by atoms with Crippen LogP contribution in [0.5, 0.6) is 0 Å². The highest BCUT2D eigenvalue weighted by molar-refractivity contribution is 6.17. The SMILES string of the molecule is C=CCN(CC=C)c1ncccc1CCl. The maximum Gasteiger partial charge on any atom is 0.133 e. The molecule has 1 rings (SSSR count). The lowest BCUT2D eigenvalue weighted by Gasteiger charge is -2.22. The highest BCUT2D eigenvalue weighted by Crippen LogP contribution is 2.18. The van der Waals surface area contributed by atoms with E-state index < -0.39 is 0 Å². The third-order valence-corrected chi connectivity index (χ3v) is 2.30. The Morgan fingerprint density at radius 3 is 2.53 bits per heavy atom. The Labute approximate surface area is 95.9 Å². The van der Waals surface area contributed by atoms with E-state index in [2.05, 4.69) is 23.0 Å². The van der Waals surface area contributed by atoms with Gasteiger partial charge in [0, 0.05) is 24.8 Å². The van der Waals surface area contributed by atoms with Gasteiger partial charge < -0.3 is 4.90 Å². The van der Waals surface area contributed by atoms with Crippen LogP contribution in [0.2, 0.25) is 0 Å². The fraction of sp³-hybridized carbons (Fsp3) is 0.250. The van der Waals surface area contributed by atoms with Gasteiger partial charge in [-0.3, -0.25) is 0 Å². The molecule has 0 unspecified atom stereocenters. The molecule has 0 radical (unpaired) electrons. The number of hydrogen-bond acceptors (Lipinski definition) is 2.